The molecule has 0 radical (unpaired) electrons. The predicted molar refractivity (Wildman–Crippen MR) is 85.8 cm³/mol. The van der Waals surface area contributed by atoms with Crippen molar-refractivity contribution in [2.75, 3.05) is 0 Å². The van der Waals surface area contributed by atoms with Crippen molar-refractivity contribution in [1.29, 1.82) is 0 Å². The molecule has 0 unspecified atom stereocenters. The first kappa shape index (κ1) is 15.3. The molecule has 3 aromatic rings. The molecule has 0 amide bonds. The van der Waals surface area contributed by atoms with Gasteiger partial charge in [0.2, 0.25) is 0 Å². The molecule has 6 nitrogen and oxygen atoms in total. The number of benzene rings is 1. The summed E-state index contributed by atoms with van der Waals surface area (Å²) >= 11 is 0. The topological polar surface area (TPSA) is 80.9 Å². The van der Waals surface area contributed by atoms with Crippen LogP contribution in [0.3, 0.4) is 0 Å². The largest absolute Gasteiger partial charge is 0.380 e. The number of aliphatic hydroxyl groups is 1. The van der Waals surface area contributed by atoms with Gasteiger partial charge in [0.1, 0.15) is 16.6 Å². The minimum absolute atomic E-state index is 0.0137. The quantitative estimate of drug-likeness (QED) is 0.775. The van der Waals surface area contributed by atoms with Gasteiger partial charge in [0.15, 0.2) is 5.78 Å². The molecule has 1 atom stereocenters. The standard InChI is InChI=1S/C17H18N4O2/c1-12-7-8-13(10-18-12)9-16(22)17(2,23)11-21-19-14-5-3-4-6-15(14)20-21/h3-8,10,23H,9,11H2,1-2H3/t17-/m0/s1. The summed E-state index contributed by atoms with van der Waals surface area (Å²) in [5.74, 6) is -0.287. The van der Waals surface area contributed by atoms with Gasteiger partial charge in [-0.05, 0) is 37.6 Å². The molecule has 0 bridgehead atoms. The van der Waals surface area contributed by atoms with E-state index in [1.165, 1.54) is 11.7 Å². The van der Waals surface area contributed by atoms with Crippen molar-refractivity contribution >= 4 is 16.8 Å². The molecule has 0 fully saturated rings. The summed E-state index contributed by atoms with van der Waals surface area (Å²) < 4.78 is 0. The lowest BCUT2D eigenvalue weighted by Gasteiger charge is -2.20. The van der Waals surface area contributed by atoms with E-state index in [9.17, 15) is 9.90 Å². The van der Waals surface area contributed by atoms with Gasteiger partial charge in [-0.25, -0.2) is 0 Å². The van der Waals surface area contributed by atoms with Crippen molar-refractivity contribution in [3.8, 4) is 0 Å². The zero-order valence-electron chi connectivity index (χ0n) is 13.1. The fourth-order valence-electron chi connectivity index (χ4n) is 2.32. The summed E-state index contributed by atoms with van der Waals surface area (Å²) in [6.07, 6.45) is 1.78. The molecule has 0 aliphatic rings. The zero-order chi connectivity index (χ0) is 16.4. The van der Waals surface area contributed by atoms with E-state index in [4.69, 9.17) is 0 Å². The summed E-state index contributed by atoms with van der Waals surface area (Å²) in [6, 6.07) is 11.1. The number of hydrogen-bond acceptors (Lipinski definition) is 5. The number of pyridine rings is 1. The first-order chi connectivity index (χ1) is 10.9. The van der Waals surface area contributed by atoms with E-state index >= 15 is 0 Å². The number of rotatable bonds is 5. The Morgan fingerprint density at radius 1 is 1.17 bits per heavy atom. The van der Waals surface area contributed by atoms with E-state index in [0.717, 1.165) is 22.3 Å². The lowest BCUT2D eigenvalue weighted by Crippen LogP contribution is -2.41. The van der Waals surface area contributed by atoms with Crippen LogP contribution in [0.1, 0.15) is 18.2 Å². The molecule has 2 aromatic heterocycles. The molecule has 0 aliphatic carbocycles. The Kier molecular flexibility index (Phi) is 3.92. The fourth-order valence-corrected chi connectivity index (χ4v) is 2.32. The Morgan fingerprint density at radius 3 is 2.39 bits per heavy atom. The average molecular weight is 310 g/mol. The van der Waals surface area contributed by atoms with E-state index < -0.39 is 5.60 Å². The highest BCUT2D eigenvalue weighted by Gasteiger charge is 2.31. The third kappa shape index (κ3) is 3.43. The number of carbonyl (C=O) groups is 1. The van der Waals surface area contributed by atoms with E-state index in [1.54, 1.807) is 6.20 Å². The number of fused-ring (bicyclic) bond motifs is 1. The smallest absolute Gasteiger partial charge is 0.170 e. The molecule has 3 rings (SSSR count). The Labute approximate surface area is 133 Å². The molecular weight excluding hydrogens is 292 g/mol. The van der Waals surface area contributed by atoms with Gasteiger partial charge in [0.25, 0.3) is 0 Å². The van der Waals surface area contributed by atoms with E-state index in [1.807, 2.05) is 43.3 Å². The van der Waals surface area contributed by atoms with Gasteiger partial charge < -0.3 is 5.11 Å². The minimum Gasteiger partial charge on any atom is -0.380 e. The molecule has 1 aromatic carbocycles. The van der Waals surface area contributed by atoms with Crippen molar-refractivity contribution in [1.82, 2.24) is 20.0 Å². The van der Waals surface area contributed by atoms with Gasteiger partial charge in [-0.1, -0.05) is 18.2 Å². The second-order valence-corrected chi connectivity index (χ2v) is 5.90. The third-order valence-corrected chi connectivity index (χ3v) is 3.72. The van der Waals surface area contributed by atoms with Crippen LogP contribution in [0.15, 0.2) is 42.6 Å². The second-order valence-electron chi connectivity index (χ2n) is 5.90. The Hall–Kier alpha value is -2.60. The van der Waals surface area contributed by atoms with E-state index in [2.05, 4.69) is 15.2 Å². The number of aryl methyl sites for hydroxylation is 1. The van der Waals surface area contributed by atoms with Crippen LogP contribution in [0.2, 0.25) is 0 Å². The minimum atomic E-state index is -1.54. The van der Waals surface area contributed by atoms with Crippen LogP contribution in [0, 0.1) is 6.92 Å². The van der Waals surface area contributed by atoms with E-state index in [0.29, 0.717) is 0 Å². The van der Waals surface area contributed by atoms with Crippen LogP contribution in [0.25, 0.3) is 11.0 Å². The number of nitrogens with zero attached hydrogens (tertiary/aromatic N) is 4. The number of Topliss-reactive ketones (excluding diaryl/α,β-unsaturated/α-hetero) is 1. The molecule has 1 N–H and O–H groups in total. The van der Waals surface area contributed by atoms with Crippen LogP contribution in [0.4, 0.5) is 0 Å². The SMILES string of the molecule is Cc1ccc(CC(=O)[C@@](C)(O)Cn2nc3ccccc3n2)cn1. The van der Waals surface area contributed by atoms with Gasteiger partial charge >= 0.3 is 0 Å². The Balaban J connectivity index is 1.74. The van der Waals surface area contributed by atoms with Crippen molar-refractivity contribution in [2.45, 2.75) is 32.4 Å². The highest BCUT2D eigenvalue weighted by atomic mass is 16.3. The average Bonchev–Trinajstić information content (AvgIpc) is 2.90. The molecule has 0 spiro atoms. The lowest BCUT2D eigenvalue weighted by atomic mass is 9.96. The first-order valence-corrected chi connectivity index (χ1v) is 7.41. The van der Waals surface area contributed by atoms with Crippen LogP contribution in [-0.4, -0.2) is 36.5 Å². The van der Waals surface area contributed by atoms with Gasteiger partial charge in [0, 0.05) is 18.3 Å². The first-order valence-electron chi connectivity index (χ1n) is 7.41. The third-order valence-electron chi connectivity index (χ3n) is 3.72. The molecule has 0 saturated carbocycles. The van der Waals surface area contributed by atoms with Crippen molar-refractivity contribution < 1.29 is 9.90 Å². The molecule has 2 heterocycles. The maximum absolute atomic E-state index is 12.4. The molecule has 0 saturated heterocycles. The monoisotopic (exact) mass is 310 g/mol. The van der Waals surface area contributed by atoms with Crippen molar-refractivity contribution in [3.63, 3.8) is 0 Å². The number of aromatic nitrogens is 4. The zero-order valence-corrected chi connectivity index (χ0v) is 13.1. The summed E-state index contributed by atoms with van der Waals surface area (Å²) in [6.45, 7) is 3.39. The Morgan fingerprint density at radius 2 is 1.83 bits per heavy atom. The van der Waals surface area contributed by atoms with Crippen molar-refractivity contribution in [3.05, 3.63) is 53.9 Å². The van der Waals surface area contributed by atoms with Crippen LogP contribution in [0.5, 0.6) is 0 Å². The molecule has 6 heteroatoms. The van der Waals surface area contributed by atoms with Gasteiger partial charge in [0.05, 0.1) is 6.54 Å². The molecule has 118 valence electrons. The fraction of sp³-hybridized carbons (Fsp3) is 0.294. The van der Waals surface area contributed by atoms with Gasteiger partial charge in [-0.2, -0.15) is 15.0 Å². The van der Waals surface area contributed by atoms with Gasteiger partial charge in [-0.3, -0.25) is 9.78 Å². The summed E-state index contributed by atoms with van der Waals surface area (Å²) in [4.78, 5) is 17.9. The van der Waals surface area contributed by atoms with Crippen molar-refractivity contribution in [2.24, 2.45) is 0 Å². The highest BCUT2D eigenvalue weighted by Crippen LogP contribution is 2.14. The molecule has 0 aliphatic heterocycles. The number of ketones is 1. The van der Waals surface area contributed by atoms with Crippen LogP contribution in [-0.2, 0) is 17.8 Å². The van der Waals surface area contributed by atoms with Crippen LogP contribution >= 0.6 is 0 Å². The lowest BCUT2D eigenvalue weighted by molar-refractivity contribution is -0.136. The number of hydrogen-bond donors (Lipinski definition) is 1. The maximum atomic E-state index is 12.4. The second kappa shape index (κ2) is 5.89. The number of carbonyl (C=O) groups excluding carboxylic acids is 1. The Bertz CT molecular complexity index is 804. The van der Waals surface area contributed by atoms with E-state index in [-0.39, 0.29) is 18.7 Å². The predicted octanol–water partition coefficient (Wildman–Crippen LogP) is 1.70. The highest BCUT2D eigenvalue weighted by molar-refractivity contribution is 5.88. The molecular formula is C17H18N4O2. The summed E-state index contributed by atoms with van der Waals surface area (Å²) in [5.41, 5.74) is 1.59. The molecule has 23 heavy (non-hydrogen) atoms. The van der Waals surface area contributed by atoms with Crippen LogP contribution < -0.4 is 0 Å². The van der Waals surface area contributed by atoms with Gasteiger partial charge in [-0.15, -0.1) is 0 Å². The maximum Gasteiger partial charge on any atom is 0.170 e. The summed E-state index contributed by atoms with van der Waals surface area (Å²) in [5, 5.41) is 19.1. The summed E-state index contributed by atoms with van der Waals surface area (Å²) in [7, 11) is 0. The normalized spacial score (nSPS) is 13.9.